The number of aromatic nitrogens is 5. The van der Waals surface area contributed by atoms with Crippen molar-refractivity contribution in [1.82, 2.24) is 30.2 Å². The molecule has 1 aliphatic rings. The third kappa shape index (κ3) is 3.32. The highest BCUT2D eigenvalue weighted by molar-refractivity contribution is 6.30. The average molecular weight is 345 g/mol. The van der Waals surface area contributed by atoms with Crippen LogP contribution in [0.25, 0.3) is 11.4 Å². The first-order valence-corrected chi connectivity index (χ1v) is 8.32. The zero-order valence-corrected chi connectivity index (χ0v) is 13.8. The number of nitrogens with zero attached hydrogens (tertiary/aromatic N) is 5. The van der Waals surface area contributed by atoms with Gasteiger partial charge in [-0.05, 0) is 37.2 Å². The van der Waals surface area contributed by atoms with Crippen LogP contribution >= 0.6 is 11.6 Å². The quantitative estimate of drug-likeness (QED) is 0.765. The molecular formula is C16H17ClN6O. The van der Waals surface area contributed by atoms with E-state index in [1.165, 1.54) is 0 Å². The smallest absolute Gasteiger partial charge is 0.228 e. The molecule has 8 heteroatoms. The van der Waals surface area contributed by atoms with Gasteiger partial charge in [-0.15, -0.1) is 0 Å². The standard InChI is InChI=1S/C16H17ClN6O/c17-13-3-1-11(2-4-13)16-20-14(24-22-16)6-8-23-7-5-12(9-23)15-18-10-19-21-15/h1-4,10,12H,5-9H2,(H,18,19,21). The van der Waals surface area contributed by atoms with Gasteiger partial charge in [0.1, 0.15) is 12.2 Å². The van der Waals surface area contributed by atoms with Crippen molar-refractivity contribution in [3.63, 3.8) is 0 Å². The molecule has 7 nitrogen and oxygen atoms in total. The topological polar surface area (TPSA) is 83.7 Å². The molecule has 0 radical (unpaired) electrons. The molecule has 1 N–H and O–H groups in total. The molecule has 1 unspecified atom stereocenters. The van der Waals surface area contributed by atoms with E-state index in [2.05, 4.69) is 30.2 Å². The summed E-state index contributed by atoms with van der Waals surface area (Å²) in [5, 5.41) is 11.6. The maximum absolute atomic E-state index is 5.90. The van der Waals surface area contributed by atoms with Gasteiger partial charge in [-0.2, -0.15) is 10.1 Å². The van der Waals surface area contributed by atoms with E-state index < -0.39 is 0 Å². The van der Waals surface area contributed by atoms with Gasteiger partial charge >= 0.3 is 0 Å². The molecule has 1 fully saturated rings. The fourth-order valence-electron chi connectivity index (χ4n) is 3.00. The van der Waals surface area contributed by atoms with E-state index in [1.54, 1.807) is 6.33 Å². The number of nitrogens with one attached hydrogen (secondary N) is 1. The molecule has 1 saturated heterocycles. The second-order valence-electron chi connectivity index (χ2n) is 5.93. The van der Waals surface area contributed by atoms with Crippen LogP contribution in [0.2, 0.25) is 5.02 Å². The first-order chi connectivity index (χ1) is 11.8. The van der Waals surface area contributed by atoms with Crippen LogP contribution in [0.3, 0.4) is 0 Å². The molecule has 0 amide bonds. The second kappa shape index (κ2) is 6.70. The van der Waals surface area contributed by atoms with E-state index in [1.807, 2.05) is 24.3 Å². The molecule has 0 spiro atoms. The van der Waals surface area contributed by atoms with Crippen LogP contribution in [0, 0.1) is 0 Å². The van der Waals surface area contributed by atoms with Gasteiger partial charge in [0.05, 0.1) is 0 Å². The van der Waals surface area contributed by atoms with Crippen molar-refractivity contribution in [3.8, 4) is 11.4 Å². The Kier molecular flexibility index (Phi) is 4.27. The summed E-state index contributed by atoms with van der Waals surface area (Å²) in [4.78, 5) is 11.1. The molecule has 1 atom stereocenters. The van der Waals surface area contributed by atoms with Gasteiger partial charge in [-0.3, -0.25) is 5.10 Å². The predicted molar refractivity (Wildman–Crippen MR) is 88.6 cm³/mol. The highest BCUT2D eigenvalue weighted by atomic mass is 35.5. The van der Waals surface area contributed by atoms with Crippen LogP contribution in [0.1, 0.15) is 24.1 Å². The molecule has 124 valence electrons. The largest absolute Gasteiger partial charge is 0.339 e. The maximum atomic E-state index is 5.90. The highest BCUT2D eigenvalue weighted by Gasteiger charge is 2.25. The molecule has 1 aromatic carbocycles. The second-order valence-corrected chi connectivity index (χ2v) is 6.36. The van der Waals surface area contributed by atoms with Gasteiger partial charge in [0.25, 0.3) is 0 Å². The summed E-state index contributed by atoms with van der Waals surface area (Å²) in [5.41, 5.74) is 0.904. The van der Waals surface area contributed by atoms with Crippen molar-refractivity contribution in [2.75, 3.05) is 19.6 Å². The SMILES string of the molecule is Clc1ccc(-c2noc(CCN3CCC(c4ncn[nH]4)C3)n2)cc1. The molecular weight excluding hydrogens is 328 g/mol. The predicted octanol–water partition coefficient (Wildman–Crippen LogP) is 2.54. The van der Waals surface area contributed by atoms with Crippen molar-refractivity contribution in [1.29, 1.82) is 0 Å². The van der Waals surface area contributed by atoms with E-state index in [0.29, 0.717) is 22.7 Å². The summed E-state index contributed by atoms with van der Waals surface area (Å²) in [6, 6.07) is 7.42. The molecule has 24 heavy (non-hydrogen) atoms. The number of likely N-dealkylation sites (tertiary alicyclic amines) is 1. The Morgan fingerprint density at radius 3 is 2.96 bits per heavy atom. The van der Waals surface area contributed by atoms with Crippen molar-refractivity contribution in [2.24, 2.45) is 0 Å². The lowest BCUT2D eigenvalue weighted by atomic mass is 10.1. The number of rotatable bonds is 5. The monoisotopic (exact) mass is 344 g/mol. The zero-order chi connectivity index (χ0) is 16.4. The minimum absolute atomic E-state index is 0.430. The Bertz CT molecular complexity index is 785. The van der Waals surface area contributed by atoms with Gasteiger partial charge in [-0.1, -0.05) is 16.8 Å². The number of hydrogen-bond acceptors (Lipinski definition) is 6. The normalized spacial score (nSPS) is 18.3. The summed E-state index contributed by atoms with van der Waals surface area (Å²) in [6.45, 7) is 2.92. The highest BCUT2D eigenvalue weighted by Crippen LogP contribution is 2.24. The van der Waals surface area contributed by atoms with E-state index >= 15 is 0 Å². The third-order valence-electron chi connectivity index (χ3n) is 4.31. The summed E-state index contributed by atoms with van der Waals surface area (Å²) < 4.78 is 5.36. The average Bonchev–Trinajstić information content (AvgIpc) is 3.34. The lowest BCUT2D eigenvalue weighted by molar-refractivity contribution is 0.308. The Labute approximate surface area is 144 Å². The number of halogens is 1. The van der Waals surface area contributed by atoms with Crippen molar-refractivity contribution in [2.45, 2.75) is 18.8 Å². The van der Waals surface area contributed by atoms with E-state index in [0.717, 1.165) is 43.9 Å². The van der Waals surface area contributed by atoms with E-state index in [-0.39, 0.29) is 0 Å². The minimum Gasteiger partial charge on any atom is -0.339 e. The van der Waals surface area contributed by atoms with Gasteiger partial charge in [0.2, 0.25) is 11.7 Å². The van der Waals surface area contributed by atoms with Gasteiger partial charge < -0.3 is 9.42 Å². The molecule has 3 heterocycles. The van der Waals surface area contributed by atoms with Gasteiger partial charge in [-0.25, -0.2) is 4.98 Å². The molecule has 3 aromatic rings. The van der Waals surface area contributed by atoms with Crippen LogP contribution in [0.4, 0.5) is 0 Å². The Morgan fingerprint density at radius 1 is 1.29 bits per heavy atom. The lowest BCUT2D eigenvalue weighted by Crippen LogP contribution is -2.23. The van der Waals surface area contributed by atoms with Crippen LogP contribution < -0.4 is 0 Å². The minimum atomic E-state index is 0.430. The summed E-state index contributed by atoms with van der Waals surface area (Å²) in [6.07, 6.45) is 3.40. The molecule has 2 aromatic heterocycles. The summed E-state index contributed by atoms with van der Waals surface area (Å²) >= 11 is 5.90. The number of benzene rings is 1. The molecule has 0 saturated carbocycles. The lowest BCUT2D eigenvalue weighted by Gasteiger charge is -2.13. The van der Waals surface area contributed by atoms with E-state index in [4.69, 9.17) is 16.1 Å². The van der Waals surface area contributed by atoms with Crippen LogP contribution in [-0.2, 0) is 6.42 Å². The Balaban J connectivity index is 1.33. The molecule has 4 rings (SSSR count). The summed E-state index contributed by atoms with van der Waals surface area (Å²) in [7, 11) is 0. The van der Waals surface area contributed by atoms with Crippen molar-refractivity contribution in [3.05, 3.63) is 47.3 Å². The molecule has 0 aliphatic carbocycles. The molecule has 1 aliphatic heterocycles. The number of hydrogen-bond donors (Lipinski definition) is 1. The summed E-state index contributed by atoms with van der Waals surface area (Å²) in [5.74, 6) is 2.66. The van der Waals surface area contributed by atoms with Crippen LogP contribution in [0.15, 0.2) is 35.1 Å². The van der Waals surface area contributed by atoms with Gasteiger partial charge in [0, 0.05) is 36.0 Å². The van der Waals surface area contributed by atoms with Crippen molar-refractivity contribution >= 4 is 11.6 Å². The fourth-order valence-corrected chi connectivity index (χ4v) is 3.12. The number of aromatic amines is 1. The van der Waals surface area contributed by atoms with E-state index in [9.17, 15) is 0 Å². The first-order valence-electron chi connectivity index (χ1n) is 7.94. The zero-order valence-electron chi connectivity index (χ0n) is 13.0. The fraction of sp³-hybridized carbons (Fsp3) is 0.375. The van der Waals surface area contributed by atoms with Crippen LogP contribution in [-0.4, -0.2) is 49.9 Å². The third-order valence-corrected chi connectivity index (χ3v) is 4.56. The van der Waals surface area contributed by atoms with Crippen LogP contribution in [0.5, 0.6) is 0 Å². The first kappa shape index (κ1) is 15.3. The Hall–Kier alpha value is -2.25. The number of H-pyrrole nitrogens is 1. The van der Waals surface area contributed by atoms with Gasteiger partial charge in [0.15, 0.2) is 0 Å². The Morgan fingerprint density at radius 2 is 2.17 bits per heavy atom. The molecule has 0 bridgehead atoms. The van der Waals surface area contributed by atoms with Crippen molar-refractivity contribution < 1.29 is 4.52 Å². The maximum Gasteiger partial charge on any atom is 0.228 e.